The number of primary amides is 1. The van der Waals surface area contributed by atoms with E-state index in [-0.39, 0.29) is 5.91 Å². The second-order valence-electron chi connectivity index (χ2n) is 4.76. The van der Waals surface area contributed by atoms with Crippen molar-refractivity contribution in [3.05, 3.63) is 22.8 Å². The van der Waals surface area contributed by atoms with Crippen LogP contribution in [0.3, 0.4) is 0 Å². The summed E-state index contributed by atoms with van der Waals surface area (Å²) >= 11 is 3.53. The maximum absolute atomic E-state index is 11.0. The smallest absolute Gasteiger partial charge is 0.217 e. The Bertz CT molecular complexity index is 424. The van der Waals surface area contributed by atoms with E-state index in [0.29, 0.717) is 12.3 Å². The third-order valence-electron chi connectivity index (χ3n) is 3.38. The lowest BCUT2D eigenvalue weighted by Gasteiger charge is -2.22. The van der Waals surface area contributed by atoms with Gasteiger partial charge in [-0.2, -0.15) is 0 Å². The highest BCUT2D eigenvalue weighted by Gasteiger charge is 2.20. The van der Waals surface area contributed by atoms with Gasteiger partial charge < -0.3 is 10.6 Å². The first kappa shape index (κ1) is 13.3. The van der Waals surface area contributed by atoms with Gasteiger partial charge >= 0.3 is 0 Å². The molecular weight excluding hydrogens is 294 g/mol. The van der Waals surface area contributed by atoms with Crippen LogP contribution in [0.5, 0.6) is 0 Å². The highest BCUT2D eigenvalue weighted by atomic mass is 79.9. The van der Waals surface area contributed by atoms with E-state index in [0.717, 1.165) is 42.6 Å². The summed E-state index contributed by atoms with van der Waals surface area (Å²) in [5.41, 5.74) is 5.27. The Kier molecular flexibility index (Phi) is 4.58. The molecule has 1 aliphatic rings. The molecule has 1 aliphatic heterocycles. The van der Waals surface area contributed by atoms with Crippen LogP contribution in [0.2, 0.25) is 0 Å². The van der Waals surface area contributed by atoms with Gasteiger partial charge in [-0.15, -0.1) is 0 Å². The minimum Gasteiger partial charge on any atom is -0.370 e. The molecule has 5 heteroatoms. The number of amides is 1. The van der Waals surface area contributed by atoms with E-state index in [1.807, 2.05) is 18.3 Å². The van der Waals surface area contributed by atoms with E-state index >= 15 is 0 Å². The van der Waals surface area contributed by atoms with Crippen LogP contribution in [0.15, 0.2) is 22.8 Å². The number of aromatic nitrogens is 1. The SMILES string of the molecule is NC(=O)CC1CCCN(c2ncccc2Br)CC1. The third kappa shape index (κ3) is 3.45. The zero-order chi connectivity index (χ0) is 13.0. The van der Waals surface area contributed by atoms with Crippen LogP contribution in [-0.4, -0.2) is 24.0 Å². The minimum absolute atomic E-state index is 0.188. The number of halogens is 1. The quantitative estimate of drug-likeness (QED) is 0.932. The van der Waals surface area contributed by atoms with E-state index in [9.17, 15) is 4.79 Å². The molecule has 0 aliphatic carbocycles. The van der Waals surface area contributed by atoms with Crippen molar-refractivity contribution in [1.29, 1.82) is 0 Å². The average Bonchev–Trinajstić information content (AvgIpc) is 2.55. The van der Waals surface area contributed by atoms with Gasteiger partial charge in [0.05, 0.1) is 4.47 Å². The Balaban J connectivity index is 2.01. The number of hydrogen-bond donors (Lipinski definition) is 1. The number of hydrogen-bond acceptors (Lipinski definition) is 3. The number of pyridine rings is 1. The molecule has 1 amide bonds. The van der Waals surface area contributed by atoms with Crippen LogP contribution in [-0.2, 0) is 4.79 Å². The molecule has 4 nitrogen and oxygen atoms in total. The molecule has 1 atom stereocenters. The lowest BCUT2D eigenvalue weighted by atomic mass is 9.97. The van der Waals surface area contributed by atoms with Gasteiger partial charge in [-0.05, 0) is 53.2 Å². The fraction of sp³-hybridized carbons (Fsp3) is 0.538. The lowest BCUT2D eigenvalue weighted by molar-refractivity contribution is -0.118. The molecule has 0 radical (unpaired) electrons. The van der Waals surface area contributed by atoms with Gasteiger partial charge in [-0.3, -0.25) is 4.79 Å². The Morgan fingerprint density at radius 3 is 3.06 bits per heavy atom. The number of nitrogens with zero attached hydrogens (tertiary/aromatic N) is 2. The molecule has 0 aromatic carbocycles. The highest BCUT2D eigenvalue weighted by molar-refractivity contribution is 9.10. The molecule has 0 bridgehead atoms. The van der Waals surface area contributed by atoms with Crippen molar-refractivity contribution in [2.75, 3.05) is 18.0 Å². The molecule has 1 unspecified atom stereocenters. The van der Waals surface area contributed by atoms with Crippen molar-refractivity contribution in [3.8, 4) is 0 Å². The number of nitrogens with two attached hydrogens (primary N) is 1. The zero-order valence-corrected chi connectivity index (χ0v) is 11.9. The fourth-order valence-corrected chi connectivity index (χ4v) is 2.98. The summed E-state index contributed by atoms with van der Waals surface area (Å²) in [6.07, 6.45) is 5.49. The van der Waals surface area contributed by atoms with Gasteiger partial charge in [-0.25, -0.2) is 4.98 Å². The zero-order valence-electron chi connectivity index (χ0n) is 10.3. The van der Waals surface area contributed by atoms with Crippen molar-refractivity contribution in [2.45, 2.75) is 25.7 Å². The van der Waals surface area contributed by atoms with Gasteiger partial charge in [-0.1, -0.05) is 0 Å². The summed E-state index contributed by atoms with van der Waals surface area (Å²) in [6, 6.07) is 3.93. The minimum atomic E-state index is -0.188. The van der Waals surface area contributed by atoms with Crippen molar-refractivity contribution in [3.63, 3.8) is 0 Å². The van der Waals surface area contributed by atoms with Crippen LogP contribution in [0, 0.1) is 5.92 Å². The summed E-state index contributed by atoms with van der Waals surface area (Å²) in [4.78, 5) is 17.7. The molecular formula is C13H18BrN3O. The molecule has 1 fully saturated rings. The van der Waals surface area contributed by atoms with Gasteiger partial charge in [0.25, 0.3) is 0 Å². The summed E-state index contributed by atoms with van der Waals surface area (Å²) in [6.45, 7) is 1.93. The third-order valence-corrected chi connectivity index (χ3v) is 4.00. The number of rotatable bonds is 3. The summed E-state index contributed by atoms with van der Waals surface area (Å²) < 4.78 is 1.03. The maximum atomic E-state index is 11.0. The Labute approximate surface area is 116 Å². The van der Waals surface area contributed by atoms with Gasteiger partial charge in [0, 0.05) is 25.7 Å². The van der Waals surface area contributed by atoms with Crippen LogP contribution in [0.1, 0.15) is 25.7 Å². The maximum Gasteiger partial charge on any atom is 0.217 e. The van der Waals surface area contributed by atoms with Crippen LogP contribution >= 0.6 is 15.9 Å². The molecule has 18 heavy (non-hydrogen) atoms. The van der Waals surface area contributed by atoms with Crippen LogP contribution in [0.25, 0.3) is 0 Å². The predicted octanol–water partition coefficient (Wildman–Crippen LogP) is 2.33. The monoisotopic (exact) mass is 311 g/mol. The number of carbonyl (C=O) groups excluding carboxylic acids is 1. The normalized spacial score (nSPS) is 20.5. The number of anilines is 1. The van der Waals surface area contributed by atoms with Crippen LogP contribution in [0.4, 0.5) is 5.82 Å². The van der Waals surface area contributed by atoms with E-state index < -0.39 is 0 Å². The molecule has 0 spiro atoms. The van der Waals surface area contributed by atoms with E-state index in [4.69, 9.17) is 5.73 Å². The van der Waals surface area contributed by atoms with Crippen molar-refractivity contribution < 1.29 is 4.79 Å². The summed E-state index contributed by atoms with van der Waals surface area (Å²) in [5.74, 6) is 1.24. The molecule has 98 valence electrons. The van der Waals surface area contributed by atoms with Gasteiger partial charge in [0.1, 0.15) is 5.82 Å². The molecule has 1 saturated heterocycles. The Morgan fingerprint density at radius 1 is 1.50 bits per heavy atom. The second-order valence-corrected chi connectivity index (χ2v) is 5.62. The van der Waals surface area contributed by atoms with E-state index in [2.05, 4.69) is 25.8 Å². The molecule has 2 rings (SSSR count). The largest absolute Gasteiger partial charge is 0.370 e. The Morgan fingerprint density at radius 2 is 2.33 bits per heavy atom. The first-order chi connectivity index (χ1) is 8.66. The first-order valence-corrected chi connectivity index (χ1v) is 7.10. The predicted molar refractivity (Wildman–Crippen MR) is 75.3 cm³/mol. The van der Waals surface area contributed by atoms with Crippen molar-refractivity contribution >= 4 is 27.7 Å². The van der Waals surface area contributed by atoms with Gasteiger partial charge in [0.2, 0.25) is 5.91 Å². The average molecular weight is 312 g/mol. The summed E-state index contributed by atoms with van der Waals surface area (Å²) in [7, 11) is 0. The highest BCUT2D eigenvalue weighted by Crippen LogP contribution is 2.27. The topological polar surface area (TPSA) is 59.2 Å². The van der Waals surface area contributed by atoms with E-state index in [1.54, 1.807) is 0 Å². The van der Waals surface area contributed by atoms with Crippen molar-refractivity contribution in [2.24, 2.45) is 11.7 Å². The number of carbonyl (C=O) groups is 1. The molecule has 0 saturated carbocycles. The molecule has 2 heterocycles. The standard InChI is InChI=1S/C13H18BrN3O/c14-11-4-1-6-16-13(11)17-7-2-3-10(5-8-17)9-12(15)18/h1,4,6,10H,2-3,5,7-9H2,(H2,15,18). The second kappa shape index (κ2) is 6.18. The van der Waals surface area contributed by atoms with E-state index in [1.165, 1.54) is 0 Å². The fourth-order valence-electron chi connectivity index (χ4n) is 2.48. The molecule has 2 N–H and O–H groups in total. The van der Waals surface area contributed by atoms with Crippen LogP contribution < -0.4 is 10.6 Å². The molecule has 1 aromatic rings. The summed E-state index contributed by atoms with van der Waals surface area (Å²) in [5, 5.41) is 0. The van der Waals surface area contributed by atoms with Gasteiger partial charge in [0.15, 0.2) is 0 Å². The first-order valence-electron chi connectivity index (χ1n) is 6.30. The van der Waals surface area contributed by atoms with Crippen molar-refractivity contribution in [1.82, 2.24) is 4.98 Å². The lowest BCUT2D eigenvalue weighted by Crippen LogP contribution is -2.25. The molecule has 1 aromatic heterocycles. The Hall–Kier alpha value is -1.10.